The molecule has 222 valence electrons. The van der Waals surface area contributed by atoms with E-state index in [-0.39, 0.29) is 25.7 Å². The summed E-state index contributed by atoms with van der Waals surface area (Å²) >= 11 is 0. The fraction of sp³-hybridized carbons (Fsp3) is 0.964. The predicted octanol–water partition coefficient (Wildman–Crippen LogP) is 5.98. The number of quaternary nitrogens is 1. The largest absolute Gasteiger partial charge is 0.756 e. The molecule has 37 heavy (non-hydrogen) atoms. The van der Waals surface area contributed by atoms with Gasteiger partial charge in [-0.1, -0.05) is 103 Å². The number of unbranched alkanes of at least 4 members (excludes halogenated alkanes) is 15. The van der Waals surface area contributed by atoms with Crippen LogP contribution < -0.4 is 10.2 Å². The maximum atomic E-state index is 12.0. The van der Waals surface area contributed by atoms with Gasteiger partial charge in [-0.15, -0.1) is 0 Å². The second-order valence-corrected chi connectivity index (χ2v) is 12.8. The summed E-state index contributed by atoms with van der Waals surface area (Å²) in [7, 11) is 1.42. The predicted molar refractivity (Wildman–Crippen MR) is 150 cm³/mol. The molecular weight excluding hydrogens is 491 g/mol. The molecular formula is C28H59N2O6P. The van der Waals surface area contributed by atoms with Crippen molar-refractivity contribution in [3.05, 3.63) is 0 Å². The van der Waals surface area contributed by atoms with Gasteiger partial charge >= 0.3 is 0 Å². The summed E-state index contributed by atoms with van der Waals surface area (Å²) < 4.78 is 28.1. The maximum absolute atomic E-state index is 12.0. The number of phosphoric acid groups is 1. The molecule has 0 rings (SSSR count). The third kappa shape index (κ3) is 28.3. The Morgan fingerprint density at radius 2 is 1.22 bits per heavy atom. The summed E-state index contributed by atoms with van der Waals surface area (Å²) in [5.74, 6) is -0.258. The molecule has 0 aromatic rings. The molecule has 9 heteroatoms. The molecule has 0 aliphatic carbocycles. The van der Waals surface area contributed by atoms with Crippen LogP contribution in [0.2, 0.25) is 0 Å². The average Bonchev–Trinajstić information content (AvgIpc) is 2.80. The van der Waals surface area contributed by atoms with Crippen molar-refractivity contribution in [2.75, 3.05) is 54.1 Å². The Hall–Kier alpha value is -0.500. The number of carbonyl (C=O) groups excluding carboxylic acids is 1. The highest BCUT2D eigenvalue weighted by atomic mass is 31.2. The number of nitrogens with one attached hydrogen (secondary N) is 1. The molecule has 0 saturated carbocycles. The molecule has 0 aliphatic heterocycles. The molecule has 0 aliphatic rings. The Balaban J connectivity index is 3.71. The standard InChI is InChI=1S/C28H59N2O6P/c1-6-7-8-9-10-11-12-13-14-15-16-17-18-19-20-21-23-34-25-28(29-27(2)31)26-36-37(32,33)35-24-22-30(3,4)5/h28H,6-26H2,1-5H3,(H-,29,31,32,33). The summed E-state index contributed by atoms with van der Waals surface area (Å²) in [4.78, 5) is 23.4. The van der Waals surface area contributed by atoms with Gasteiger partial charge in [0.05, 0.1) is 40.4 Å². The Kier molecular flexibility index (Phi) is 23.1. The van der Waals surface area contributed by atoms with Gasteiger partial charge in [0, 0.05) is 13.5 Å². The van der Waals surface area contributed by atoms with E-state index >= 15 is 0 Å². The van der Waals surface area contributed by atoms with Gasteiger partial charge in [-0.05, 0) is 6.42 Å². The lowest BCUT2D eigenvalue weighted by atomic mass is 10.0. The van der Waals surface area contributed by atoms with Gasteiger partial charge < -0.3 is 28.5 Å². The minimum atomic E-state index is -4.42. The van der Waals surface area contributed by atoms with Crippen LogP contribution in [0.4, 0.5) is 0 Å². The van der Waals surface area contributed by atoms with Crippen molar-refractivity contribution < 1.29 is 32.5 Å². The summed E-state index contributed by atoms with van der Waals surface area (Å²) in [5.41, 5.74) is 0. The van der Waals surface area contributed by atoms with Gasteiger partial charge in [0.25, 0.3) is 7.82 Å². The number of likely N-dealkylation sites (N-methyl/N-ethyl adjacent to an activating group) is 1. The third-order valence-corrected chi connectivity index (χ3v) is 7.28. The summed E-state index contributed by atoms with van der Waals surface area (Å²) in [6.45, 7) is 4.82. The van der Waals surface area contributed by atoms with Crippen molar-refractivity contribution in [1.29, 1.82) is 0 Å². The van der Waals surface area contributed by atoms with Gasteiger partial charge in [-0.3, -0.25) is 9.36 Å². The molecule has 0 aromatic heterocycles. The molecule has 8 nitrogen and oxygen atoms in total. The number of ether oxygens (including phenoxy) is 1. The Morgan fingerprint density at radius 3 is 1.65 bits per heavy atom. The lowest BCUT2D eigenvalue weighted by Gasteiger charge is -2.28. The van der Waals surface area contributed by atoms with Crippen LogP contribution in [-0.2, 0) is 23.1 Å². The number of rotatable bonds is 27. The number of amides is 1. The van der Waals surface area contributed by atoms with Crippen molar-refractivity contribution in [2.45, 2.75) is 123 Å². The number of hydrogen-bond donors (Lipinski definition) is 1. The Labute approximate surface area is 228 Å². The SMILES string of the molecule is CCCCCCCCCCCCCCCCCCOCC(COP(=O)([O-])OCC[N+](C)(C)C)NC(C)=O. The van der Waals surface area contributed by atoms with E-state index in [4.69, 9.17) is 13.8 Å². The first-order valence-corrected chi connectivity index (χ1v) is 16.3. The van der Waals surface area contributed by atoms with E-state index in [1.807, 2.05) is 21.1 Å². The highest BCUT2D eigenvalue weighted by Gasteiger charge is 2.17. The zero-order valence-electron chi connectivity index (χ0n) is 24.8. The van der Waals surface area contributed by atoms with Crippen LogP contribution in [0.3, 0.4) is 0 Å². The molecule has 2 atom stereocenters. The Morgan fingerprint density at radius 1 is 0.757 bits per heavy atom. The van der Waals surface area contributed by atoms with Crippen LogP contribution in [0.25, 0.3) is 0 Å². The van der Waals surface area contributed by atoms with E-state index in [0.29, 0.717) is 17.6 Å². The number of nitrogens with zero attached hydrogens (tertiary/aromatic N) is 1. The molecule has 0 fully saturated rings. The van der Waals surface area contributed by atoms with Crippen LogP contribution in [0.1, 0.15) is 117 Å². The van der Waals surface area contributed by atoms with Gasteiger partial charge in [-0.25, -0.2) is 0 Å². The summed E-state index contributed by atoms with van der Waals surface area (Å²) in [6.07, 6.45) is 21.1. The monoisotopic (exact) mass is 550 g/mol. The topological polar surface area (TPSA) is 96.9 Å². The van der Waals surface area contributed by atoms with Gasteiger partial charge in [0.2, 0.25) is 5.91 Å². The fourth-order valence-corrected chi connectivity index (χ4v) is 4.78. The molecule has 1 N–H and O–H groups in total. The lowest BCUT2D eigenvalue weighted by Crippen LogP contribution is -2.41. The minimum absolute atomic E-state index is 0.0465. The number of phosphoric ester groups is 1. The maximum Gasteiger partial charge on any atom is 0.268 e. The van der Waals surface area contributed by atoms with Crippen molar-refractivity contribution in [1.82, 2.24) is 5.32 Å². The molecule has 0 heterocycles. The van der Waals surface area contributed by atoms with Crippen LogP contribution in [0, 0.1) is 0 Å². The van der Waals surface area contributed by atoms with E-state index in [1.165, 1.54) is 96.8 Å². The van der Waals surface area contributed by atoms with E-state index in [9.17, 15) is 14.3 Å². The molecule has 0 saturated heterocycles. The van der Waals surface area contributed by atoms with Crippen LogP contribution in [0.5, 0.6) is 0 Å². The number of carbonyl (C=O) groups is 1. The minimum Gasteiger partial charge on any atom is -0.756 e. The van der Waals surface area contributed by atoms with E-state index in [2.05, 4.69) is 12.2 Å². The zero-order valence-corrected chi connectivity index (χ0v) is 25.7. The highest BCUT2D eigenvalue weighted by Crippen LogP contribution is 2.38. The zero-order chi connectivity index (χ0) is 27.8. The molecule has 0 radical (unpaired) electrons. The van der Waals surface area contributed by atoms with Gasteiger partial charge in [0.15, 0.2) is 0 Å². The smallest absolute Gasteiger partial charge is 0.268 e. The van der Waals surface area contributed by atoms with Gasteiger partial charge in [-0.2, -0.15) is 0 Å². The lowest BCUT2D eigenvalue weighted by molar-refractivity contribution is -0.870. The second kappa shape index (κ2) is 23.4. The van der Waals surface area contributed by atoms with Crippen molar-refractivity contribution in [2.24, 2.45) is 0 Å². The average molecular weight is 551 g/mol. The normalized spacial score (nSPS) is 14.4. The molecule has 0 bridgehead atoms. The molecule has 2 unspecified atom stereocenters. The van der Waals surface area contributed by atoms with Gasteiger partial charge in [0.1, 0.15) is 13.2 Å². The summed E-state index contributed by atoms with van der Waals surface area (Å²) in [5, 5.41) is 2.68. The van der Waals surface area contributed by atoms with Crippen molar-refractivity contribution >= 4 is 13.7 Å². The van der Waals surface area contributed by atoms with Crippen LogP contribution in [0.15, 0.2) is 0 Å². The first kappa shape index (κ1) is 36.5. The van der Waals surface area contributed by atoms with E-state index < -0.39 is 13.9 Å². The van der Waals surface area contributed by atoms with E-state index in [1.54, 1.807) is 0 Å². The first-order valence-electron chi connectivity index (χ1n) is 14.8. The number of hydrogen-bond acceptors (Lipinski definition) is 6. The van der Waals surface area contributed by atoms with Crippen LogP contribution >= 0.6 is 7.82 Å². The Bertz CT molecular complexity index is 586. The second-order valence-electron chi connectivity index (χ2n) is 11.4. The molecule has 0 aromatic carbocycles. The highest BCUT2D eigenvalue weighted by molar-refractivity contribution is 7.45. The molecule has 0 spiro atoms. The third-order valence-electron chi connectivity index (χ3n) is 6.31. The van der Waals surface area contributed by atoms with E-state index in [0.717, 1.165) is 12.8 Å². The van der Waals surface area contributed by atoms with Crippen molar-refractivity contribution in [3.63, 3.8) is 0 Å². The first-order chi connectivity index (χ1) is 17.6. The quantitative estimate of drug-likeness (QED) is 0.0768. The fourth-order valence-electron chi connectivity index (χ4n) is 4.04. The molecule has 1 amide bonds. The van der Waals surface area contributed by atoms with Crippen LogP contribution in [-0.4, -0.2) is 70.5 Å². The summed E-state index contributed by atoms with van der Waals surface area (Å²) in [6, 6.07) is -0.539. The van der Waals surface area contributed by atoms with Crippen molar-refractivity contribution in [3.8, 4) is 0 Å².